The minimum absolute atomic E-state index is 0.199. The van der Waals surface area contributed by atoms with Gasteiger partial charge in [0, 0.05) is 16.8 Å². The Labute approximate surface area is 175 Å². The zero-order valence-corrected chi connectivity index (χ0v) is 18.1. The maximum Gasteiger partial charge on any atom is 0.237 e. The molecule has 5 nitrogen and oxygen atoms in total. The SMILES string of the molecule is CCCCc1ccc(C#N)c(SC(C)C(=O)Nc2cc(C)c(Cl)cc2OC)n1. The Morgan fingerprint density at radius 2 is 2.18 bits per heavy atom. The van der Waals surface area contributed by atoms with Crippen LogP contribution in [0.4, 0.5) is 5.69 Å². The number of anilines is 1. The molecule has 0 saturated heterocycles. The predicted molar refractivity (Wildman–Crippen MR) is 114 cm³/mol. The van der Waals surface area contributed by atoms with Crippen LogP contribution in [0.3, 0.4) is 0 Å². The number of hydrogen-bond acceptors (Lipinski definition) is 5. The molecule has 148 valence electrons. The molecule has 0 spiro atoms. The largest absolute Gasteiger partial charge is 0.495 e. The zero-order valence-electron chi connectivity index (χ0n) is 16.5. The molecule has 0 aliphatic rings. The predicted octanol–water partition coefficient (Wildman–Crippen LogP) is 5.39. The van der Waals surface area contributed by atoms with E-state index in [-0.39, 0.29) is 5.91 Å². The molecular formula is C21H24ClN3O2S. The lowest BCUT2D eigenvalue weighted by atomic mass is 10.2. The molecule has 2 rings (SSSR count). The number of thioether (sulfide) groups is 1. The van der Waals surface area contributed by atoms with E-state index in [0.717, 1.165) is 30.5 Å². The molecule has 1 N–H and O–H groups in total. The summed E-state index contributed by atoms with van der Waals surface area (Å²) in [5.74, 6) is 0.299. The highest BCUT2D eigenvalue weighted by atomic mass is 35.5. The third-order valence-corrected chi connectivity index (χ3v) is 5.73. The lowest BCUT2D eigenvalue weighted by Crippen LogP contribution is -2.23. The van der Waals surface area contributed by atoms with E-state index in [9.17, 15) is 10.1 Å². The summed E-state index contributed by atoms with van der Waals surface area (Å²) in [5, 5.41) is 13.0. The molecule has 28 heavy (non-hydrogen) atoms. The molecule has 0 saturated carbocycles. The standard InChI is InChI=1S/C21H24ClN3O2S/c1-5-6-7-16-9-8-15(12-23)21(24-16)28-14(3)20(26)25-18-10-13(2)17(22)11-19(18)27-4/h8-11,14H,5-7H2,1-4H3,(H,25,26). The van der Waals surface area contributed by atoms with E-state index in [0.29, 0.717) is 27.0 Å². The highest BCUT2D eigenvalue weighted by Gasteiger charge is 2.20. The van der Waals surface area contributed by atoms with Gasteiger partial charge < -0.3 is 10.1 Å². The molecule has 1 aromatic carbocycles. The molecule has 1 amide bonds. The number of halogens is 1. The number of amides is 1. The van der Waals surface area contributed by atoms with Gasteiger partial charge in [0.1, 0.15) is 16.8 Å². The minimum atomic E-state index is -0.443. The number of unbranched alkanes of at least 4 members (excludes halogenated alkanes) is 1. The number of ether oxygens (including phenoxy) is 1. The number of nitrogens with one attached hydrogen (secondary N) is 1. The first-order chi connectivity index (χ1) is 13.4. The third kappa shape index (κ3) is 5.63. The van der Waals surface area contributed by atoms with E-state index in [4.69, 9.17) is 16.3 Å². The van der Waals surface area contributed by atoms with Crippen LogP contribution in [-0.2, 0) is 11.2 Å². The lowest BCUT2D eigenvalue weighted by molar-refractivity contribution is -0.115. The molecule has 2 aromatic rings. The Hall–Kier alpha value is -2.23. The molecule has 0 radical (unpaired) electrons. The molecule has 1 aromatic heterocycles. The Bertz CT molecular complexity index is 896. The van der Waals surface area contributed by atoms with E-state index < -0.39 is 5.25 Å². The van der Waals surface area contributed by atoms with Gasteiger partial charge >= 0.3 is 0 Å². The van der Waals surface area contributed by atoms with Gasteiger partial charge in [0.25, 0.3) is 0 Å². The Balaban J connectivity index is 2.16. The van der Waals surface area contributed by atoms with E-state index >= 15 is 0 Å². The van der Waals surface area contributed by atoms with Crippen LogP contribution in [0.15, 0.2) is 29.3 Å². The minimum Gasteiger partial charge on any atom is -0.495 e. The monoisotopic (exact) mass is 417 g/mol. The van der Waals surface area contributed by atoms with Gasteiger partial charge in [0.05, 0.1) is 23.6 Å². The zero-order chi connectivity index (χ0) is 20.7. The number of hydrogen-bond donors (Lipinski definition) is 1. The summed E-state index contributed by atoms with van der Waals surface area (Å²) >= 11 is 7.40. The topological polar surface area (TPSA) is 75.0 Å². The average Bonchev–Trinajstić information content (AvgIpc) is 2.68. The van der Waals surface area contributed by atoms with Gasteiger partial charge in [-0.3, -0.25) is 4.79 Å². The summed E-state index contributed by atoms with van der Waals surface area (Å²) < 4.78 is 5.31. The molecule has 0 aliphatic heterocycles. The summed E-state index contributed by atoms with van der Waals surface area (Å²) in [4.78, 5) is 17.3. The molecular weight excluding hydrogens is 394 g/mol. The van der Waals surface area contributed by atoms with Gasteiger partial charge in [-0.05, 0) is 50.5 Å². The average molecular weight is 418 g/mol. The number of rotatable bonds is 8. The number of methoxy groups -OCH3 is 1. The maximum atomic E-state index is 12.7. The van der Waals surface area contributed by atoms with Gasteiger partial charge in [-0.1, -0.05) is 36.7 Å². The van der Waals surface area contributed by atoms with E-state index in [1.807, 2.05) is 13.0 Å². The molecule has 1 atom stereocenters. The van der Waals surface area contributed by atoms with Crippen LogP contribution in [0.2, 0.25) is 5.02 Å². The van der Waals surface area contributed by atoms with Crippen LogP contribution in [0, 0.1) is 18.3 Å². The smallest absolute Gasteiger partial charge is 0.237 e. The molecule has 0 bridgehead atoms. The van der Waals surface area contributed by atoms with E-state index in [2.05, 4.69) is 23.3 Å². The molecule has 1 heterocycles. The number of aromatic nitrogens is 1. The lowest BCUT2D eigenvalue weighted by Gasteiger charge is -2.16. The van der Waals surface area contributed by atoms with Crippen LogP contribution in [-0.4, -0.2) is 23.3 Å². The number of carbonyl (C=O) groups is 1. The summed E-state index contributed by atoms with van der Waals surface area (Å²) in [7, 11) is 1.53. The first-order valence-electron chi connectivity index (χ1n) is 9.11. The van der Waals surface area contributed by atoms with Crippen molar-refractivity contribution in [2.24, 2.45) is 0 Å². The van der Waals surface area contributed by atoms with Crippen molar-refractivity contribution in [3.8, 4) is 11.8 Å². The van der Waals surface area contributed by atoms with Gasteiger partial charge in [-0.2, -0.15) is 5.26 Å². The van der Waals surface area contributed by atoms with Crippen molar-refractivity contribution in [1.82, 2.24) is 4.98 Å². The number of nitriles is 1. The number of pyridine rings is 1. The highest BCUT2D eigenvalue weighted by molar-refractivity contribution is 8.00. The number of nitrogens with zero attached hydrogens (tertiary/aromatic N) is 2. The van der Waals surface area contributed by atoms with Crippen molar-refractivity contribution >= 4 is 35.0 Å². The van der Waals surface area contributed by atoms with Crippen LogP contribution in [0.5, 0.6) is 5.75 Å². The fourth-order valence-electron chi connectivity index (χ4n) is 2.54. The van der Waals surface area contributed by atoms with E-state index in [1.165, 1.54) is 18.9 Å². The van der Waals surface area contributed by atoms with Crippen molar-refractivity contribution in [2.75, 3.05) is 12.4 Å². The Morgan fingerprint density at radius 3 is 2.82 bits per heavy atom. The fraction of sp³-hybridized carbons (Fsp3) is 0.381. The molecule has 7 heteroatoms. The third-order valence-electron chi connectivity index (χ3n) is 4.22. The quantitative estimate of drug-likeness (QED) is 0.583. The van der Waals surface area contributed by atoms with Crippen LogP contribution < -0.4 is 10.1 Å². The van der Waals surface area contributed by atoms with Crippen molar-refractivity contribution in [3.63, 3.8) is 0 Å². The summed E-state index contributed by atoms with van der Waals surface area (Å²) in [6.45, 7) is 5.77. The van der Waals surface area contributed by atoms with Gasteiger partial charge in [0.2, 0.25) is 5.91 Å². The second kappa shape index (κ2) is 10.4. The second-order valence-electron chi connectivity index (χ2n) is 6.42. The second-order valence-corrected chi connectivity index (χ2v) is 8.16. The number of benzene rings is 1. The van der Waals surface area contributed by atoms with Crippen LogP contribution in [0.1, 0.15) is 43.5 Å². The molecule has 0 aliphatic carbocycles. The highest BCUT2D eigenvalue weighted by Crippen LogP contribution is 2.32. The van der Waals surface area contributed by atoms with Crippen molar-refractivity contribution in [2.45, 2.75) is 50.3 Å². The Kier molecular flexibility index (Phi) is 8.16. The van der Waals surface area contributed by atoms with Crippen LogP contribution >= 0.6 is 23.4 Å². The van der Waals surface area contributed by atoms with Gasteiger partial charge in [-0.15, -0.1) is 0 Å². The summed E-state index contributed by atoms with van der Waals surface area (Å²) in [5.41, 5.74) is 2.82. The first kappa shape index (κ1) is 22.1. The van der Waals surface area contributed by atoms with Crippen molar-refractivity contribution in [3.05, 3.63) is 46.1 Å². The van der Waals surface area contributed by atoms with Crippen molar-refractivity contribution in [1.29, 1.82) is 5.26 Å². The summed E-state index contributed by atoms with van der Waals surface area (Å²) in [6, 6.07) is 9.26. The van der Waals surface area contributed by atoms with E-state index in [1.54, 1.807) is 25.1 Å². The number of aryl methyl sites for hydroxylation is 2. The molecule has 1 unspecified atom stereocenters. The van der Waals surface area contributed by atoms with Gasteiger partial charge in [-0.25, -0.2) is 4.98 Å². The van der Waals surface area contributed by atoms with Gasteiger partial charge in [0.15, 0.2) is 0 Å². The van der Waals surface area contributed by atoms with Crippen LogP contribution in [0.25, 0.3) is 0 Å². The van der Waals surface area contributed by atoms with Crippen molar-refractivity contribution < 1.29 is 9.53 Å². The summed E-state index contributed by atoms with van der Waals surface area (Å²) in [6.07, 6.45) is 2.97. The normalized spacial score (nSPS) is 11.6. The number of carbonyl (C=O) groups excluding carboxylic acids is 1. The maximum absolute atomic E-state index is 12.7. The fourth-order valence-corrected chi connectivity index (χ4v) is 3.60. The Morgan fingerprint density at radius 1 is 1.43 bits per heavy atom. The molecule has 0 fully saturated rings. The first-order valence-corrected chi connectivity index (χ1v) is 10.4.